The summed E-state index contributed by atoms with van der Waals surface area (Å²) in [6, 6.07) is 0. The second kappa shape index (κ2) is 6.88. The van der Waals surface area contributed by atoms with Crippen LogP contribution in [0.25, 0.3) is 0 Å². The minimum absolute atomic E-state index is 0.0775. The van der Waals surface area contributed by atoms with Gasteiger partial charge in [0, 0.05) is 5.57 Å². The van der Waals surface area contributed by atoms with Crippen LogP contribution in [0.3, 0.4) is 0 Å². The van der Waals surface area contributed by atoms with Gasteiger partial charge in [0.1, 0.15) is 13.2 Å². The molecule has 13 heavy (non-hydrogen) atoms. The zero-order valence-electron chi connectivity index (χ0n) is 7.34. The molecule has 0 spiro atoms. The molecular weight excluding hydrogens is 287 g/mol. The Labute approximate surface area is 90.4 Å². The van der Waals surface area contributed by atoms with Gasteiger partial charge in [-0.15, -0.1) is 0 Å². The summed E-state index contributed by atoms with van der Waals surface area (Å²) in [5.74, 6) is -0.780. The molecule has 5 heteroatoms. The number of ether oxygens (including phenoxy) is 2. The highest BCUT2D eigenvalue weighted by molar-refractivity contribution is 14.1. The standard InChI is InChI=1S/C8H11IO4/c1-6(2)8(11)13-4-3-12-7(10)5-9/h1,3-5H2,2H3. The molecule has 0 aromatic carbocycles. The van der Waals surface area contributed by atoms with Crippen LogP contribution in [-0.4, -0.2) is 29.6 Å². The zero-order valence-corrected chi connectivity index (χ0v) is 9.50. The van der Waals surface area contributed by atoms with Crippen molar-refractivity contribution < 1.29 is 19.1 Å². The van der Waals surface area contributed by atoms with Gasteiger partial charge in [0.2, 0.25) is 0 Å². The summed E-state index contributed by atoms with van der Waals surface area (Å²) < 4.78 is 9.65. The fraction of sp³-hybridized carbons (Fsp3) is 0.500. The Kier molecular flexibility index (Phi) is 6.56. The van der Waals surface area contributed by atoms with Gasteiger partial charge in [-0.1, -0.05) is 29.2 Å². The van der Waals surface area contributed by atoms with Crippen molar-refractivity contribution in [2.75, 3.05) is 17.6 Å². The van der Waals surface area contributed by atoms with E-state index < -0.39 is 5.97 Å². The van der Waals surface area contributed by atoms with E-state index in [1.54, 1.807) is 6.92 Å². The molecule has 74 valence electrons. The van der Waals surface area contributed by atoms with Gasteiger partial charge in [0.25, 0.3) is 0 Å². The Morgan fingerprint density at radius 3 is 2.31 bits per heavy atom. The number of carbonyl (C=O) groups excluding carboxylic acids is 2. The smallest absolute Gasteiger partial charge is 0.333 e. The number of hydrogen-bond donors (Lipinski definition) is 0. The number of hydrogen-bond acceptors (Lipinski definition) is 4. The molecule has 0 radical (unpaired) electrons. The van der Waals surface area contributed by atoms with E-state index in [2.05, 4.69) is 16.1 Å². The molecule has 0 amide bonds. The van der Waals surface area contributed by atoms with Crippen molar-refractivity contribution in [1.82, 2.24) is 0 Å². The Hall–Kier alpha value is -0.590. The number of halogens is 1. The molecule has 0 bridgehead atoms. The number of esters is 2. The highest BCUT2D eigenvalue weighted by Crippen LogP contribution is 1.92. The lowest BCUT2D eigenvalue weighted by Crippen LogP contribution is -2.14. The van der Waals surface area contributed by atoms with Crippen molar-refractivity contribution in [3.63, 3.8) is 0 Å². The first-order valence-corrected chi connectivity index (χ1v) is 5.14. The second-order valence-electron chi connectivity index (χ2n) is 2.27. The van der Waals surface area contributed by atoms with E-state index in [0.29, 0.717) is 10.0 Å². The topological polar surface area (TPSA) is 52.6 Å². The van der Waals surface area contributed by atoms with E-state index in [0.717, 1.165) is 0 Å². The molecular formula is C8H11IO4. The summed E-state index contributed by atoms with van der Waals surface area (Å²) in [6.45, 7) is 5.13. The van der Waals surface area contributed by atoms with Crippen molar-refractivity contribution in [2.24, 2.45) is 0 Å². The fourth-order valence-corrected chi connectivity index (χ4v) is 0.672. The van der Waals surface area contributed by atoms with Crippen LogP contribution >= 0.6 is 22.6 Å². The molecule has 0 heterocycles. The maximum absolute atomic E-state index is 10.8. The zero-order chi connectivity index (χ0) is 10.3. The van der Waals surface area contributed by atoms with E-state index in [1.807, 2.05) is 22.6 Å². The molecule has 0 aromatic heterocycles. The normalized spacial score (nSPS) is 9.08. The summed E-state index contributed by atoms with van der Waals surface area (Å²) in [6.07, 6.45) is 0. The molecule has 0 aromatic rings. The largest absolute Gasteiger partial charge is 0.461 e. The van der Waals surface area contributed by atoms with E-state index in [4.69, 9.17) is 0 Å². The van der Waals surface area contributed by atoms with Crippen LogP contribution in [0.1, 0.15) is 6.92 Å². The van der Waals surface area contributed by atoms with E-state index in [9.17, 15) is 9.59 Å². The van der Waals surface area contributed by atoms with Gasteiger partial charge in [-0.3, -0.25) is 4.79 Å². The number of alkyl halides is 1. The van der Waals surface area contributed by atoms with Gasteiger partial charge < -0.3 is 9.47 Å². The molecule has 4 nitrogen and oxygen atoms in total. The van der Waals surface area contributed by atoms with Crippen LogP contribution in [0, 0.1) is 0 Å². The van der Waals surface area contributed by atoms with Crippen molar-refractivity contribution in [2.45, 2.75) is 6.92 Å². The fourth-order valence-electron chi connectivity index (χ4n) is 0.452. The Bertz CT molecular complexity index is 212. The highest BCUT2D eigenvalue weighted by Gasteiger charge is 2.03. The van der Waals surface area contributed by atoms with Crippen LogP contribution in [0.5, 0.6) is 0 Å². The van der Waals surface area contributed by atoms with Gasteiger partial charge in [-0.05, 0) is 6.92 Å². The Morgan fingerprint density at radius 2 is 1.85 bits per heavy atom. The first kappa shape index (κ1) is 12.4. The lowest BCUT2D eigenvalue weighted by atomic mass is 10.4. The van der Waals surface area contributed by atoms with E-state index >= 15 is 0 Å². The third-order valence-electron chi connectivity index (χ3n) is 1.04. The summed E-state index contributed by atoms with van der Waals surface area (Å²) in [7, 11) is 0. The molecule has 0 aliphatic heterocycles. The summed E-state index contributed by atoms with van der Waals surface area (Å²) in [4.78, 5) is 21.4. The minimum atomic E-state index is -0.467. The van der Waals surface area contributed by atoms with E-state index in [-0.39, 0.29) is 19.2 Å². The lowest BCUT2D eigenvalue weighted by Gasteiger charge is -2.04. The first-order chi connectivity index (χ1) is 6.07. The van der Waals surface area contributed by atoms with Gasteiger partial charge in [0.15, 0.2) is 0 Å². The van der Waals surface area contributed by atoms with Crippen LogP contribution in [0.15, 0.2) is 12.2 Å². The van der Waals surface area contributed by atoms with E-state index in [1.165, 1.54) is 0 Å². The molecule has 0 unspecified atom stereocenters. The highest BCUT2D eigenvalue weighted by atomic mass is 127. The maximum atomic E-state index is 10.8. The molecule has 0 rings (SSSR count). The van der Waals surface area contributed by atoms with Crippen molar-refractivity contribution in [3.8, 4) is 0 Å². The summed E-state index contributed by atoms with van der Waals surface area (Å²) in [5, 5.41) is 0. The SMILES string of the molecule is C=C(C)C(=O)OCCOC(=O)CI. The molecule has 0 fully saturated rings. The molecule has 0 aliphatic rings. The molecule has 0 N–H and O–H groups in total. The Morgan fingerprint density at radius 1 is 1.31 bits per heavy atom. The summed E-state index contributed by atoms with van der Waals surface area (Å²) >= 11 is 1.89. The van der Waals surface area contributed by atoms with Crippen molar-refractivity contribution >= 4 is 34.5 Å². The first-order valence-electron chi connectivity index (χ1n) is 3.62. The van der Waals surface area contributed by atoms with Gasteiger partial charge in [-0.25, -0.2) is 4.79 Å². The third kappa shape index (κ3) is 6.56. The van der Waals surface area contributed by atoms with Crippen LogP contribution in [0.2, 0.25) is 0 Å². The molecule has 0 aliphatic carbocycles. The predicted octanol–water partition coefficient (Wildman–Crippen LogP) is 1.08. The van der Waals surface area contributed by atoms with Crippen LogP contribution in [-0.2, 0) is 19.1 Å². The third-order valence-corrected chi connectivity index (χ3v) is 1.66. The minimum Gasteiger partial charge on any atom is -0.461 e. The monoisotopic (exact) mass is 298 g/mol. The molecule has 0 saturated heterocycles. The van der Waals surface area contributed by atoms with Gasteiger partial charge in [-0.2, -0.15) is 0 Å². The number of carbonyl (C=O) groups is 2. The quantitative estimate of drug-likeness (QED) is 0.251. The Balaban J connectivity index is 3.41. The predicted molar refractivity (Wildman–Crippen MR) is 55.6 cm³/mol. The average Bonchev–Trinajstić information content (AvgIpc) is 2.11. The van der Waals surface area contributed by atoms with Crippen molar-refractivity contribution in [1.29, 1.82) is 0 Å². The maximum Gasteiger partial charge on any atom is 0.333 e. The van der Waals surface area contributed by atoms with Crippen LogP contribution in [0.4, 0.5) is 0 Å². The molecule has 0 saturated carbocycles. The van der Waals surface area contributed by atoms with Gasteiger partial charge >= 0.3 is 11.9 Å². The average molecular weight is 298 g/mol. The summed E-state index contributed by atoms with van der Waals surface area (Å²) in [5.41, 5.74) is 0.334. The second-order valence-corrected chi connectivity index (χ2v) is 3.03. The van der Waals surface area contributed by atoms with Crippen molar-refractivity contribution in [3.05, 3.63) is 12.2 Å². The number of rotatable bonds is 5. The lowest BCUT2D eigenvalue weighted by molar-refractivity contribution is -0.147. The van der Waals surface area contributed by atoms with Crippen LogP contribution < -0.4 is 0 Å². The van der Waals surface area contributed by atoms with Gasteiger partial charge in [0.05, 0.1) is 4.43 Å². The molecule has 0 atom stereocenters.